The van der Waals surface area contributed by atoms with Gasteiger partial charge in [0.1, 0.15) is 11.6 Å². The highest BCUT2D eigenvalue weighted by Crippen LogP contribution is 2.29. The minimum atomic E-state index is 0.0107. The number of aryl methyl sites for hydroxylation is 1. The van der Waals surface area contributed by atoms with Crippen LogP contribution in [0.25, 0.3) is 0 Å². The van der Waals surface area contributed by atoms with E-state index >= 15 is 0 Å². The molecule has 8 nitrogen and oxygen atoms in total. The molecule has 0 saturated carbocycles. The Hall–Kier alpha value is -2.51. The number of hydrogen-bond donors (Lipinski definition) is 1. The number of anilines is 1. The van der Waals surface area contributed by atoms with Gasteiger partial charge in [-0.25, -0.2) is 9.97 Å². The van der Waals surface area contributed by atoms with Crippen LogP contribution in [0.5, 0.6) is 0 Å². The van der Waals surface area contributed by atoms with Crippen LogP contribution in [-0.4, -0.2) is 55.2 Å². The molecule has 1 fully saturated rings. The zero-order chi connectivity index (χ0) is 18.6. The van der Waals surface area contributed by atoms with E-state index in [1.165, 1.54) is 19.3 Å². The number of carbonyl (C=O) groups excluding carboxylic acids is 1. The normalized spacial score (nSPS) is 18.0. The summed E-state index contributed by atoms with van der Waals surface area (Å²) in [6.07, 6.45) is 9.80. The van der Waals surface area contributed by atoms with Crippen LogP contribution in [0.1, 0.15) is 67.0 Å². The summed E-state index contributed by atoms with van der Waals surface area (Å²) >= 11 is 0. The van der Waals surface area contributed by atoms with Crippen molar-refractivity contribution in [3.8, 4) is 0 Å². The lowest BCUT2D eigenvalue weighted by Gasteiger charge is -2.31. The molecule has 4 heterocycles. The molecule has 0 spiro atoms. The van der Waals surface area contributed by atoms with Crippen LogP contribution in [0.3, 0.4) is 0 Å². The Balaban J connectivity index is 1.39. The number of fused-ring (bicyclic) bond motifs is 1. The molecule has 8 heteroatoms. The molecule has 2 aliphatic rings. The standard InChI is InChI=1S/C19H27N7O/c1-2-20-19-21-12-15(13-22-19)18(27)25-10-7-14(8-11-25)17-24-23-16-6-4-3-5-9-26(16)17/h12-14H,2-11H2,1H3,(H,20,21,22). The second kappa shape index (κ2) is 8.02. The lowest BCUT2D eigenvalue weighted by Crippen LogP contribution is -2.38. The van der Waals surface area contributed by atoms with Crippen molar-refractivity contribution in [2.45, 2.75) is 57.9 Å². The maximum atomic E-state index is 12.7. The fraction of sp³-hybridized carbons (Fsp3) is 0.632. The van der Waals surface area contributed by atoms with Crippen LogP contribution in [0.15, 0.2) is 12.4 Å². The van der Waals surface area contributed by atoms with E-state index in [0.717, 1.165) is 57.1 Å². The van der Waals surface area contributed by atoms with E-state index < -0.39 is 0 Å². The molecule has 0 unspecified atom stereocenters. The Morgan fingerprint density at radius 3 is 2.63 bits per heavy atom. The highest BCUT2D eigenvalue weighted by molar-refractivity contribution is 5.93. The lowest BCUT2D eigenvalue weighted by atomic mass is 9.95. The minimum absolute atomic E-state index is 0.0107. The number of piperidine rings is 1. The quantitative estimate of drug-likeness (QED) is 0.889. The summed E-state index contributed by atoms with van der Waals surface area (Å²) in [7, 11) is 0. The number of likely N-dealkylation sites (tertiary alicyclic amines) is 1. The first-order chi connectivity index (χ1) is 13.3. The van der Waals surface area contributed by atoms with Crippen LogP contribution in [0.4, 0.5) is 5.95 Å². The molecule has 2 aromatic heterocycles. The molecule has 1 amide bonds. The van der Waals surface area contributed by atoms with E-state index in [4.69, 9.17) is 0 Å². The van der Waals surface area contributed by atoms with Crippen molar-refractivity contribution < 1.29 is 4.79 Å². The number of rotatable bonds is 4. The third-order valence-electron chi connectivity index (χ3n) is 5.52. The maximum Gasteiger partial charge on any atom is 0.256 e. The summed E-state index contributed by atoms with van der Waals surface area (Å²) in [4.78, 5) is 23.0. The summed E-state index contributed by atoms with van der Waals surface area (Å²) in [5, 5.41) is 12.0. The predicted molar refractivity (Wildman–Crippen MR) is 102 cm³/mol. The van der Waals surface area contributed by atoms with Gasteiger partial charge in [0.2, 0.25) is 5.95 Å². The van der Waals surface area contributed by atoms with E-state index in [-0.39, 0.29) is 5.91 Å². The number of amides is 1. The first kappa shape index (κ1) is 17.9. The highest BCUT2D eigenvalue weighted by Gasteiger charge is 2.29. The van der Waals surface area contributed by atoms with Crippen molar-refractivity contribution >= 4 is 11.9 Å². The fourth-order valence-corrected chi connectivity index (χ4v) is 4.02. The molecule has 0 bridgehead atoms. The molecular formula is C19H27N7O. The molecule has 1 N–H and O–H groups in total. The SMILES string of the molecule is CCNc1ncc(C(=O)N2CCC(c3nnc4n3CCCCC4)CC2)cn1. The Labute approximate surface area is 159 Å². The molecule has 2 aliphatic heterocycles. The Bertz CT molecular complexity index is 778. The molecule has 1 saturated heterocycles. The topological polar surface area (TPSA) is 88.8 Å². The van der Waals surface area contributed by atoms with Gasteiger partial charge in [-0.3, -0.25) is 4.79 Å². The van der Waals surface area contributed by atoms with Crippen LogP contribution in [0.2, 0.25) is 0 Å². The van der Waals surface area contributed by atoms with Gasteiger partial charge < -0.3 is 14.8 Å². The van der Waals surface area contributed by atoms with Gasteiger partial charge in [-0.15, -0.1) is 10.2 Å². The summed E-state index contributed by atoms with van der Waals surface area (Å²) in [5.74, 6) is 3.22. The van der Waals surface area contributed by atoms with E-state index in [1.807, 2.05) is 11.8 Å². The van der Waals surface area contributed by atoms with E-state index in [2.05, 4.69) is 30.0 Å². The van der Waals surface area contributed by atoms with Crippen LogP contribution in [0, 0.1) is 0 Å². The number of aromatic nitrogens is 5. The monoisotopic (exact) mass is 369 g/mol. The van der Waals surface area contributed by atoms with Crippen LogP contribution >= 0.6 is 0 Å². The smallest absolute Gasteiger partial charge is 0.256 e. The molecule has 27 heavy (non-hydrogen) atoms. The molecule has 4 rings (SSSR count). The van der Waals surface area contributed by atoms with Crippen molar-refractivity contribution in [3.63, 3.8) is 0 Å². The van der Waals surface area contributed by atoms with Crippen molar-refractivity contribution in [2.75, 3.05) is 25.0 Å². The summed E-state index contributed by atoms with van der Waals surface area (Å²) in [6, 6.07) is 0. The fourth-order valence-electron chi connectivity index (χ4n) is 4.02. The molecule has 0 radical (unpaired) electrons. The molecule has 144 valence electrons. The lowest BCUT2D eigenvalue weighted by molar-refractivity contribution is 0.0709. The van der Waals surface area contributed by atoms with Gasteiger partial charge in [0.25, 0.3) is 5.91 Å². The number of carbonyl (C=O) groups is 1. The van der Waals surface area contributed by atoms with Crippen LogP contribution in [-0.2, 0) is 13.0 Å². The third kappa shape index (κ3) is 3.79. The Morgan fingerprint density at radius 1 is 1.11 bits per heavy atom. The van der Waals surface area contributed by atoms with Gasteiger partial charge in [0.15, 0.2) is 0 Å². The number of nitrogens with one attached hydrogen (secondary N) is 1. The second-order valence-electron chi connectivity index (χ2n) is 7.33. The summed E-state index contributed by atoms with van der Waals surface area (Å²) in [5.41, 5.74) is 0.548. The van der Waals surface area contributed by atoms with Crippen LogP contribution < -0.4 is 5.32 Å². The maximum absolute atomic E-state index is 12.7. The van der Waals surface area contributed by atoms with Crippen molar-refractivity contribution in [1.29, 1.82) is 0 Å². The highest BCUT2D eigenvalue weighted by atomic mass is 16.2. The molecule has 2 aromatic rings. The molecule has 0 atom stereocenters. The van der Waals surface area contributed by atoms with Gasteiger partial charge in [-0.2, -0.15) is 0 Å². The predicted octanol–water partition coefficient (Wildman–Crippen LogP) is 2.25. The van der Waals surface area contributed by atoms with E-state index in [9.17, 15) is 4.79 Å². The average molecular weight is 369 g/mol. The van der Waals surface area contributed by atoms with Crippen molar-refractivity contribution in [2.24, 2.45) is 0 Å². The number of hydrogen-bond acceptors (Lipinski definition) is 6. The molecule has 0 aromatic carbocycles. The van der Waals surface area contributed by atoms with Gasteiger partial charge in [-0.1, -0.05) is 6.42 Å². The first-order valence-electron chi connectivity index (χ1n) is 10.0. The van der Waals surface area contributed by atoms with Gasteiger partial charge >= 0.3 is 0 Å². The van der Waals surface area contributed by atoms with E-state index in [1.54, 1.807) is 12.4 Å². The number of nitrogens with zero attached hydrogens (tertiary/aromatic N) is 6. The van der Waals surface area contributed by atoms with Gasteiger partial charge in [0, 0.05) is 50.9 Å². The zero-order valence-corrected chi connectivity index (χ0v) is 15.9. The Kier molecular flexibility index (Phi) is 5.31. The largest absolute Gasteiger partial charge is 0.355 e. The molecular weight excluding hydrogens is 342 g/mol. The zero-order valence-electron chi connectivity index (χ0n) is 15.9. The van der Waals surface area contributed by atoms with Gasteiger partial charge in [-0.05, 0) is 32.6 Å². The van der Waals surface area contributed by atoms with Crippen molar-refractivity contribution in [3.05, 3.63) is 29.6 Å². The summed E-state index contributed by atoms with van der Waals surface area (Å²) in [6.45, 7) is 5.25. The van der Waals surface area contributed by atoms with Gasteiger partial charge in [0.05, 0.1) is 5.56 Å². The second-order valence-corrected chi connectivity index (χ2v) is 7.33. The van der Waals surface area contributed by atoms with Crippen molar-refractivity contribution in [1.82, 2.24) is 29.6 Å². The third-order valence-corrected chi connectivity index (χ3v) is 5.52. The molecule has 0 aliphatic carbocycles. The summed E-state index contributed by atoms with van der Waals surface area (Å²) < 4.78 is 2.34. The first-order valence-corrected chi connectivity index (χ1v) is 10.0. The Morgan fingerprint density at radius 2 is 1.89 bits per heavy atom. The average Bonchev–Trinajstić information content (AvgIpc) is 2.96. The van der Waals surface area contributed by atoms with E-state index in [0.29, 0.717) is 17.4 Å². The minimum Gasteiger partial charge on any atom is -0.355 e.